The minimum atomic E-state index is 0.144. The largest absolute Gasteiger partial charge is 0.331 e. The number of aryl methyl sites for hydroxylation is 1. The number of benzene rings is 2. The fraction of sp³-hybridized carbons (Fsp3) is 0.350. The van der Waals surface area contributed by atoms with Crippen LogP contribution in [0.1, 0.15) is 46.9 Å². The van der Waals surface area contributed by atoms with Crippen LogP contribution in [0.4, 0.5) is 0 Å². The lowest BCUT2D eigenvalue weighted by molar-refractivity contribution is 0.0603. The standard InChI is InChI=1S/C20H23NO/c1-14(2)19-18-10-9-15(3)13-17(18)11-12-21(19)20(22)16-7-5-4-6-8-16/h4-10,13-14,19H,11-12H2,1-3H3. The molecule has 1 aliphatic rings. The summed E-state index contributed by atoms with van der Waals surface area (Å²) in [5, 5.41) is 0. The van der Waals surface area contributed by atoms with Crippen molar-refractivity contribution in [2.24, 2.45) is 5.92 Å². The first-order chi connectivity index (χ1) is 10.6. The summed E-state index contributed by atoms with van der Waals surface area (Å²) < 4.78 is 0. The van der Waals surface area contributed by atoms with Crippen LogP contribution in [0.2, 0.25) is 0 Å². The Labute approximate surface area is 132 Å². The number of carbonyl (C=O) groups excluding carboxylic acids is 1. The second-order valence-corrected chi connectivity index (χ2v) is 6.51. The Morgan fingerprint density at radius 3 is 2.55 bits per heavy atom. The highest BCUT2D eigenvalue weighted by molar-refractivity contribution is 5.94. The van der Waals surface area contributed by atoms with Gasteiger partial charge in [-0.15, -0.1) is 0 Å². The summed E-state index contributed by atoms with van der Waals surface area (Å²) in [7, 11) is 0. The van der Waals surface area contributed by atoms with Gasteiger partial charge in [-0.05, 0) is 42.5 Å². The van der Waals surface area contributed by atoms with Crippen LogP contribution >= 0.6 is 0 Å². The summed E-state index contributed by atoms with van der Waals surface area (Å²) in [4.78, 5) is 15.0. The number of hydrogen-bond donors (Lipinski definition) is 0. The maximum atomic E-state index is 12.9. The number of rotatable bonds is 2. The quantitative estimate of drug-likeness (QED) is 0.804. The third-order valence-electron chi connectivity index (χ3n) is 4.49. The Bertz CT molecular complexity index is 675. The van der Waals surface area contributed by atoms with Gasteiger partial charge in [-0.3, -0.25) is 4.79 Å². The highest BCUT2D eigenvalue weighted by Gasteiger charge is 2.33. The number of amides is 1. The van der Waals surface area contributed by atoms with Gasteiger partial charge in [0.1, 0.15) is 0 Å². The van der Waals surface area contributed by atoms with Crippen LogP contribution < -0.4 is 0 Å². The molecule has 0 fully saturated rings. The maximum Gasteiger partial charge on any atom is 0.254 e. The number of fused-ring (bicyclic) bond motifs is 1. The normalized spacial score (nSPS) is 17.5. The van der Waals surface area contributed by atoms with Crippen molar-refractivity contribution in [1.82, 2.24) is 4.90 Å². The second kappa shape index (κ2) is 5.96. The fourth-order valence-electron chi connectivity index (χ4n) is 3.48. The van der Waals surface area contributed by atoms with Crippen molar-refractivity contribution in [3.63, 3.8) is 0 Å². The van der Waals surface area contributed by atoms with Gasteiger partial charge < -0.3 is 4.90 Å². The average molecular weight is 293 g/mol. The molecular formula is C20H23NO. The van der Waals surface area contributed by atoms with Crippen molar-refractivity contribution in [3.8, 4) is 0 Å². The molecule has 114 valence electrons. The van der Waals surface area contributed by atoms with E-state index < -0.39 is 0 Å². The van der Waals surface area contributed by atoms with Crippen LogP contribution in [0.3, 0.4) is 0 Å². The van der Waals surface area contributed by atoms with Gasteiger partial charge in [0.2, 0.25) is 0 Å². The van der Waals surface area contributed by atoms with E-state index in [2.05, 4.69) is 43.9 Å². The minimum Gasteiger partial charge on any atom is -0.331 e. The predicted octanol–water partition coefficient (Wildman–Crippen LogP) is 4.39. The van der Waals surface area contributed by atoms with Crippen LogP contribution in [0.15, 0.2) is 48.5 Å². The van der Waals surface area contributed by atoms with Crippen molar-refractivity contribution in [3.05, 3.63) is 70.8 Å². The van der Waals surface area contributed by atoms with E-state index in [9.17, 15) is 4.79 Å². The Balaban J connectivity index is 1.99. The van der Waals surface area contributed by atoms with E-state index in [1.165, 1.54) is 16.7 Å². The van der Waals surface area contributed by atoms with E-state index >= 15 is 0 Å². The van der Waals surface area contributed by atoms with E-state index in [-0.39, 0.29) is 11.9 Å². The van der Waals surface area contributed by atoms with Gasteiger partial charge in [0.25, 0.3) is 5.91 Å². The van der Waals surface area contributed by atoms with Crippen molar-refractivity contribution in [2.75, 3.05) is 6.54 Å². The molecule has 22 heavy (non-hydrogen) atoms. The number of nitrogens with zero attached hydrogens (tertiary/aromatic N) is 1. The zero-order valence-corrected chi connectivity index (χ0v) is 13.5. The molecule has 0 aromatic heterocycles. The average Bonchev–Trinajstić information content (AvgIpc) is 2.53. The summed E-state index contributed by atoms with van der Waals surface area (Å²) in [6.07, 6.45) is 0.943. The van der Waals surface area contributed by atoms with Crippen molar-refractivity contribution < 1.29 is 4.79 Å². The molecule has 1 amide bonds. The molecule has 1 heterocycles. The molecule has 0 radical (unpaired) electrons. The van der Waals surface area contributed by atoms with Crippen LogP contribution in [-0.4, -0.2) is 17.4 Å². The van der Waals surface area contributed by atoms with Gasteiger partial charge in [0, 0.05) is 12.1 Å². The van der Waals surface area contributed by atoms with E-state index in [0.717, 1.165) is 18.5 Å². The van der Waals surface area contributed by atoms with Crippen molar-refractivity contribution in [1.29, 1.82) is 0 Å². The van der Waals surface area contributed by atoms with Gasteiger partial charge in [-0.1, -0.05) is 55.8 Å². The highest BCUT2D eigenvalue weighted by atomic mass is 16.2. The smallest absolute Gasteiger partial charge is 0.254 e. The van der Waals surface area contributed by atoms with Gasteiger partial charge in [0.15, 0.2) is 0 Å². The number of carbonyl (C=O) groups is 1. The molecule has 2 heteroatoms. The van der Waals surface area contributed by atoms with Gasteiger partial charge >= 0.3 is 0 Å². The monoisotopic (exact) mass is 293 g/mol. The van der Waals surface area contributed by atoms with E-state index in [1.807, 2.05) is 30.3 Å². The van der Waals surface area contributed by atoms with Crippen LogP contribution in [-0.2, 0) is 6.42 Å². The summed E-state index contributed by atoms with van der Waals surface area (Å²) >= 11 is 0. The molecule has 2 aromatic carbocycles. The van der Waals surface area contributed by atoms with Crippen LogP contribution in [0, 0.1) is 12.8 Å². The Morgan fingerprint density at radius 2 is 1.86 bits per heavy atom. The molecule has 0 saturated carbocycles. The Hall–Kier alpha value is -2.09. The van der Waals surface area contributed by atoms with Gasteiger partial charge in [-0.2, -0.15) is 0 Å². The minimum absolute atomic E-state index is 0.144. The van der Waals surface area contributed by atoms with Crippen molar-refractivity contribution in [2.45, 2.75) is 33.2 Å². The molecule has 1 atom stereocenters. The molecule has 1 unspecified atom stereocenters. The maximum absolute atomic E-state index is 12.9. The first-order valence-corrected chi connectivity index (χ1v) is 8.03. The zero-order valence-electron chi connectivity index (χ0n) is 13.5. The summed E-state index contributed by atoms with van der Waals surface area (Å²) in [5.41, 5.74) is 4.79. The third-order valence-corrected chi connectivity index (χ3v) is 4.49. The first kappa shape index (κ1) is 14.8. The summed E-state index contributed by atoms with van der Waals surface area (Å²) in [6.45, 7) is 7.33. The molecule has 3 rings (SSSR count). The van der Waals surface area contributed by atoms with Crippen molar-refractivity contribution >= 4 is 5.91 Å². The topological polar surface area (TPSA) is 20.3 Å². The third kappa shape index (κ3) is 2.66. The lowest BCUT2D eigenvalue weighted by Crippen LogP contribution is -2.42. The van der Waals surface area contributed by atoms with E-state index in [4.69, 9.17) is 0 Å². The van der Waals surface area contributed by atoms with Crippen LogP contribution in [0.25, 0.3) is 0 Å². The summed E-state index contributed by atoms with van der Waals surface area (Å²) in [5.74, 6) is 0.542. The molecule has 0 N–H and O–H groups in total. The SMILES string of the molecule is Cc1ccc2c(c1)CCN(C(=O)c1ccccc1)C2C(C)C. The molecule has 0 spiro atoms. The number of hydrogen-bond acceptors (Lipinski definition) is 1. The first-order valence-electron chi connectivity index (χ1n) is 8.03. The molecule has 2 nitrogen and oxygen atoms in total. The molecule has 2 aromatic rings. The second-order valence-electron chi connectivity index (χ2n) is 6.51. The molecule has 0 bridgehead atoms. The lowest BCUT2D eigenvalue weighted by Gasteiger charge is -2.40. The molecule has 1 aliphatic heterocycles. The zero-order chi connectivity index (χ0) is 15.7. The predicted molar refractivity (Wildman–Crippen MR) is 89.9 cm³/mol. The summed E-state index contributed by atoms with van der Waals surface area (Å²) in [6, 6.07) is 16.4. The lowest BCUT2D eigenvalue weighted by atomic mass is 9.85. The Morgan fingerprint density at radius 1 is 1.14 bits per heavy atom. The van der Waals surface area contributed by atoms with Gasteiger partial charge in [-0.25, -0.2) is 0 Å². The fourth-order valence-corrected chi connectivity index (χ4v) is 3.48. The van der Waals surface area contributed by atoms with E-state index in [1.54, 1.807) is 0 Å². The Kier molecular flexibility index (Phi) is 4.02. The van der Waals surface area contributed by atoms with Gasteiger partial charge in [0.05, 0.1) is 6.04 Å². The molecule has 0 saturated heterocycles. The highest BCUT2D eigenvalue weighted by Crippen LogP contribution is 2.36. The molecular weight excluding hydrogens is 270 g/mol. The molecule has 0 aliphatic carbocycles. The van der Waals surface area contributed by atoms with Crippen LogP contribution in [0.5, 0.6) is 0 Å². The van der Waals surface area contributed by atoms with E-state index in [0.29, 0.717) is 5.92 Å².